The summed E-state index contributed by atoms with van der Waals surface area (Å²) in [5.74, 6) is -0.244. The molecule has 0 saturated carbocycles. The SMILES string of the molecule is CN(C)c1ccc(/C=C2/SC(=O)N(Cc3cccc(Br)c3)C2=O)cc1. The van der Waals surface area contributed by atoms with Crippen molar-refractivity contribution in [2.24, 2.45) is 0 Å². The van der Waals surface area contributed by atoms with Crippen LogP contribution in [0, 0.1) is 0 Å². The number of rotatable bonds is 4. The van der Waals surface area contributed by atoms with E-state index in [0.717, 1.165) is 33.0 Å². The second-order valence-corrected chi connectivity index (χ2v) is 7.79. The van der Waals surface area contributed by atoms with Crippen LogP contribution in [0.4, 0.5) is 10.5 Å². The second-order valence-electron chi connectivity index (χ2n) is 5.88. The maximum Gasteiger partial charge on any atom is 0.293 e. The number of carbonyl (C=O) groups is 2. The van der Waals surface area contributed by atoms with Crippen molar-refractivity contribution in [3.05, 3.63) is 69.0 Å². The Morgan fingerprint density at radius 1 is 1.12 bits per heavy atom. The third-order valence-corrected chi connectivity index (χ3v) is 5.21. The molecule has 0 N–H and O–H groups in total. The molecule has 25 heavy (non-hydrogen) atoms. The van der Waals surface area contributed by atoms with Crippen LogP contribution < -0.4 is 4.90 Å². The Bertz CT molecular complexity index is 847. The molecule has 1 aliphatic heterocycles. The fraction of sp³-hybridized carbons (Fsp3) is 0.158. The largest absolute Gasteiger partial charge is 0.378 e. The molecule has 1 saturated heterocycles. The van der Waals surface area contributed by atoms with Gasteiger partial charge in [-0.25, -0.2) is 0 Å². The highest BCUT2D eigenvalue weighted by Gasteiger charge is 2.34. The summed E-state index contributed by atoms with van der Waals surface area (Å²) in [6.07, 6.45) is 1.77. The summed E-state index contributed by atoms with van der Waals surface area (Å²) >= 11 is 4.39. The van der Waals surface area contributed by atoms with Gasteiger partial charge in [-0.05, 0) is 53.2 Å². The standard InChI is InChI=1S/C19H17BrN2O2S/c1-21(2)16-8-6-13(7-9-16)11-17-18(23)22(19(24)25-17)12-14-4-3-5-15(20)10-14/h3-11H,12H2,1-2H3/b17-11+. The van der Waals surface area contributed by atoms with Crippen LogP contribution in [0.3, 0.4) is 0 Å². The van der Waals surface area contributed by atoms with E-state index in [4.69, 9.17) is 0 Å². The van der Waals surface area contributed by atoms with E-state index in [-0.39, 0.29) is 17.7 Å². The Balaban J connectivity index is 1.78. The quantitative estimate of drug-likeness (QED) is 0.674. The highest BCUT2D eigenvalue weighted by molar-refractivity contribution is 9.10. The topological polar surface area (TPSA) is 40.6 Å². The molecule has 0 bridgehead atoms. The first-order valence-corrected chi connectivity index (χ1v) is 9.32. The van der Waals surface area contributed by atoms with E-state index < -0.39 is 0 Å². The summed E-state index contributed by atoms with van der Waals surface area (Å²) in [7, 11) is 3.95. The first-order chi connectivity index (χ1) is 11.9. The Hall–Kier alpha value is -2.05. The average Bonchev–Trinajstić information content (AvgIpc) is 2.83. The normalized spacial score (nSPS) is 16.0. The molecule has 0 aliphatic carbocycles. The molecule has 0 unspecified atom stereocenters. The number of hydrogen-bond donors (Lipinski definition) is 0. The lowest BCUT2D eigenvalue weighted by Gasteiger charge is -2.13. The molecular formula is C19H17BrN2O2S. The number of hydrogen-bond acceptors (Lipinski definition) is 4. The van der Waals surface area contributed by atoms with Crippen LogP contribution in [0.1, 0.15) is 11.1 Å². The minimum absolute atomic E-state index is 0.235. The van der Waals surface area contributed by atoms with Crippen molar-refractivity contribution >= 4 is 50.6 Å². The Morgan fingerprint density at radius 2 is 1.84 bits per heavy atom. The van der Waals surface area contributed by atoms with Crippen molar-refractivity contribution in [1.82, 2.24) is 4.90 Å². The van der Waals surface area contributed by atoms with Gasteiger partial charge in [0, 0.05) is 24.3 Å². The summed E-state index contributed by atoms with van der Waals surface area (Å²) in [5.41, 5.74) is 2.90. The number of anilines is 1. The third-order valence-electron chi connectivity index (χ3n) is 3.81. The number of carbonyl (C=O) groups excluding carboxylic acids is 2. The molecule has 128 valence electrons. The molecule has 2 amide bonds. The fourth-order valence-corrected chi connectivity index (χ4v) is 3.76. The second kappa shape index (κ2) is 7.45. The number of imide groups is 1. The van der Waals surface area contributed by atoms with E-state index in [1.165, 1.54) is 4.90 Å². The summed E-state index contributed by atoms with van der Waals surface area (Å²) in [5, 5.41) is -0.235. The van der Waals surface area contributed by atoms with Crippen LogP contribution in [-0.2, 0) is 11.3 Å². The van der Waals surface area contributed by atoms with Crippen LogP contribution >= 0.6 is 27.7 Å². The summed E-state index contributed by atoms with van der Waals surface area (Å²) in [4.78, 5) is 28.6. The smallest absolute Gasteiger partial charge is 0.293 e. The van der Waals surface area contributed by atoms with E-state index in [1.807, 2.05) is 67.5 Å². The van der Waals surface area contributed by atoms with Crippen LogP contribution in [0.5, 0.6) is 0 Å². The monoisotopic (exact) mass is 416 g/mol. The van der Waals surface area contributed by atoms with Gasteiger partial charge in [-0.15, -0.1) is 0 Å². The summed E-state index contributed by atoms with van der Waals surface area (Å²) < 4.78 is 0.925. The van der Waals surface area contributed by atoms with Crippen molar-refractivity contribution in [3.8, 4) is 0 Å². The van der Waals surface area contributed by atoms with Gasteiger partial charge >= 0.3 is 0 Å². The van der Waals surface area contributed by atoms with Crippen molar-refractivity contribution < 1.29 is 9.59 Å². The molecule has 1 aliphatic rings. The highest BCUT2D eigenvalue weighted by Crippen LogP contribution is 2.33. The lowest BCUT2D eigenvalue weighted by Crippen LogP contribution is -2.27. The van der Waals surface area contributed by atoms with Crippen LogP contribution in [0.2, 0.25) is 0 Å². The maximum absolute atomic E-state index is 12.6. The predicted octanol–water partition coefficient (Wildman–Crippen LogP) is 4.75. The summed E-state index contributed by atoms with van der Waals surface area (Å²) in [6.45, 7) is 0.279. The predicted molar refractivity (Wildman–Crippen MR) is 106 cm³/mol. The molecule has 3 rings (SSSR count). The van der Waals surface area contributed by atoms with Gasteiger partial charge in [-0.3, -0.25) is 14.5 Å². The molecule has 6 heteroatoms. The minimum Gasteiger partial charge on any atom is -0.378 e. The van der Waals surface area contributed by atoms with E-state index in [9.17, 15) is 9.59 Å². The number of amides is 2. The van der Waals surface area contributed by atoms with Crippen LogP contribution in [-0.4, -0.2) is 30.1 Å². The third kappa shape index (κ3) is 4.14. The maximum atomic E-state index is 12.6. The molecular weight excluding hydrogens is 400 g/mol. The molecule has 2 aromatic rings. The van der Waals surface area contributed by atoms with Crippen molar-refractivity contribution in [2.75, 3.05) is 19.0 Å². The highest BCUT2D eigenvalue weighted by atomic mass is 79.9. The number of thioether (sulfide) groups is 1. The van der Waals surface area contributed by atoms with Gasteiger partial charge in [0.05, 0.1) is 11.4 Å². The molecule has 0 spiro atoms. The van der Waals surface area contributed by atoms with Gasteiger partial charge in [-0.1, -0.05) is 40.2 Å². The number of halogens is 1. The van der Waals surface area contributed by atoms with Crippen LogP contribution in [0.25, 0.3) is 6.08 Å². The number of benzene rings is 2. The lowest BCUT2D eigenvalue weighted by atomic mass is 10.1. The van der Waals surface area contributed by atoms with Gasteiger partial charge in [0.25, 0.3) is 11.1 Å². The zero-order valence-electron chi connectivity index (χ0n) is 13.9. The Kier molecular flexibility index (Phi) is 5.30. The molecule has 0 atom stereocenters. The molecule has 1 fully saturated rings. The first-order valence-electron chi connectivity index (χ1n) is 7.71. The van der Waals surface area contributed by atoms with Gasteiger partial charge in [-0.2, -0.15) is 0 Å². The molecule has 2 aromatic carbocycles. The van der Waals surface area contributed by atoms with E-state index >= 15 is 0 Å². The van der Waals surface area contributed by atoms with Gasteiger partial charge in [0.1, 0.15) is 0 Å². The van der Waals surface area contributed by atoms with E-state index in [2.05, 4.69) is 15.9 Å². The zero-order chi connectivity index (χ0) is 18.0. The van der Waals surface area contributed by atoms with E-state index in [1.54, 1.807) is 6.08 Å². The Labute approximate surface area is 159 Å². The van der Waals surface area contributed by atoms with Gasteiger partial charge in [0.2, 0.25) is 0 Å². The molecule has 4 nitrogen and oxygen atoms in total. The van der Waals surface area contributed by atoms with Crippen LogP contribution in [0.15, 0.2) is 57.9 Å². The van der Waals surface area contributed by atoms with Gasteiger partial charge in [0.15, 0.2) is 0 Å². The van der Waals surface area contributed by atoms with Crippen molar-refractivity contribution in [3.63, 3.8) is 0 Å². The molecule has 0 radical (unpaired) electrons. The Morgan fingerprint density at radius 3 is 2.48 bits per heavy atom. The van der Waals surface area contributed by atoms with Crippen molar-refractivity contribution in [1.29, 1.82) is 0 Å². The molecule has 0 aromatic heterocycles. The molecule has 1 heterocycles. The average molecular weight is 417 g/mol. The first kappa shape index (κ1) is 17.8. The van der Waals surface area contributed by atoms with Gasteiger partial charge < -0.3 is 4.90 Å². The van der Waals surface area contributed by atoms with E-state index in [0.29, 0.717) is 4.91 Å². The lowest BCUT2D eigenvalue weighted by molar-refractivity contribution is -0.123. The zero-order valence-corrected chi connectivity index (χ0v) is 16.3. The van der Waals surface area contributed by atoms with Crippen molar-refractivity contribution in [2.45, 2.75) is 6.54 Å². The minimum atomic E-state index is -0.244. The fourth-order valence-electron chi connectivity index (χ4n) is 2.47. The number of nitrogens with zero attached hydrogens (tertiary/aromatic N) is 2. The summed E-state index contributed by atoms with van der Waals surface area (Å²) in [6, 6.07) is 15.5.